The summed E-state index contributed by atoms with van der Waals surface area (Å²) in [5.74, 6) is 0. The second-order valence-electron chi connectivity index (χ2n) is 6.04. The van der Waals surface area contributed by atoms with E-state index in [1.807, 2.05) is 0 Å². The van der Waals surface area contributed by atoms with Gasteiger partial charge in [0.1, 0.15) is 0 Å². The Balaban J connectivity index is 1.72. The van der Waals surface area contributed by atoms with Gasteiger partial charge in [0.25, 0.3) is 0 Å². The third-order valence-electron chi connectivity index (χ3n) is 3.87. The summed E-state index contributed by atoms with van der Waals surface area (Å²) in [6.07, 6.45) is 4.99. The van der Waals surface area contributed by atoms with Gasteiger partial charge in [-0.2, -0.15) is 0 Å². The quantitative estimate of drug-likeness (QED) is 0.806. The number of hydrogen-bond acceptors (Lipinski definition) is 2. The summed E-state index contributed by atoms with van der Waals surface area (Å²) < 4.78 is 0. The van der Waals surface area contributed by atoms with Gasteiger partial charge in [0, 0.05) is 18.1 Å². The van der Waals surface area contributed by atoms with E-state index in [9.17, 15) is 0 Å². The van der Waals surface area contributed by atoms with Gasteiger partial charge in [0.15, 0.2) is 0 Å². The zero-order valence-corrected chi connectivity index (χ0v) is 11.7. The van der Waals surface area contributed by atoms with Crippen LogP contribution >= 0.6 is 0 Å². The lowest BCUT2D eigenvalue weighted by Gasteiger charge is -2.28. The molecular formula is C16H26N2. The van der Waals surface area contributed by atoms with Crippen LogP contribution in [0.2, 0.25) is 0 Å². The molecule has 1 aliphatic heterocycles. The summed E-state index contributed by atoms with van der Waals surface area (Å²) in [6, 6.07) is 11.4. The van der Waals surface area contributed by atoms with Crippen molar-refractivity contribution in [2.75, 3.05) is 13.1 Å². The van der Waals surface area contributed by atoms with E-state index in [0.717, 1.165) is 13.0 Å². The molecule has 100 valence electrons. The highest BCUT2D eigenvalue weighted by atomic mass is 15.0. The molecular weight excluding hydrogens is 220 g/mol. The van der Waals surface area contributed by atoms with Gasteiger partial charge in [-0.1, -0.05) is 30.3 Å². The van der Waals surface area contributed by atoms with Crippen LogP contribution in [0.15, 0.2) is 30.3 Å². The number of aryl methyl sites for hydroxylation is 1. The SMILES string of the molecule is CC(C)(CCc1ccccc1)NCC1CCCN1. The fraction of sp³-hybridized carbons (Fsp3) is 0.625. The highest BCUT2D eigenvalue weighted by Crippen LogP contribution is 2.14. The molecule has 1 aliphatic rings. The van der Waals surface area contributed by atoms with Crippen LogP contribution < -0.4 is 10.6 Å². The van der Waals surface area contributed by atoms with Gasteiger partial charge in [0.2, 0.25) is 0 Å². The predicted molar refractivity (Wildman–Crippen MR) is 77.9 cm³/mol. The van der Waals surface area contributed by atoms with Gasteiger partial charge in [-0.05, 0) is 51.6 Å². The van der Waals surface area contributed by atoms with Crippen LogP contribution in [0.5, 0.6) is 0 Å². The van der Waals surface area contributed by atoms with E-state index < -0.39 is 0 Å². The van der Waals surface area contributed by atoms with Gasteiger partial charge in [-0.15, -0.1) is 0 Å². The average Bonchev–Trinajstić information content (AvgIpc) is 2.89. The topological polar surface area (TPSA) is 24.1 Å². The minimum absolute atomic E-state index is 0.222. The fourth-order valence-electron chi connectivity index (χ4n) is 2.52. The Hall–Kier alpha value is -0.860. The van der Waals surface area contributed by atoms with Gasteiger partial charge >= 0.3 is 0 Å². The molecule has 18 heavy (non-hydrogen) atoms. The lowest BCUT2D eigenvalue weighted by molar-refractivity contribution is 0.344. The molecule has 2 rings (SSSR count). The zero-order valence-electron chi connectivity index (χ0n) is 11.7. The largest absolute Gasteiger partial charge is 0.313 e. The second kappa shape index (κ2) is 6.35. The minimum Gasteiger partial charge on any atom is -0.313 e. The molecule has 1 aromatic rings. The first-order chi connectivity index (χ1) is 8.66. The Labute approximate surface area is 111 Å². The first-order valence-corrected chi connectivity index (χ1v) is 7.18. The number of hydrogen-bond donors (Lipinski definition) is 2. The zero-order chi connectivity index (χ0) is 12.8. The maximum Gasteiger partial charge on any atom is 0.0193 e. The monoisotopic (exact) mass is 246 g/mol. The smallest absolute Gasteiger partial charge is 0.0193 e. The maximum absolute atomic E-state index is 3.71. The van der Waals surface area contributed by atoms with Crippen LogP contribution in [0.25, 0.3) is 0 Å². The molecule has 0 spiro atoms. The summed E-state index contributed by atoms with van der Waals surface area (Å²) in [5.41, 5.74) is 1.66. The van der Waals surface area contributed by atoms with Crippen molar-refractivity contribution in [2.24, 2.45) is 0 Å². The van der Waals surface area contributed by atoms with Crippen LogP contribution in [-0.2, 0) is 6.42 Å². The van der Waals surface area contributed by atoms with E-state index in [1.54, 1.807) is 0 Å². The van der Waals surface area contributed by atoms with Crippen molar-refractivity contribution in [2.45, 2.75) is 51.1 Å². The van der Waals surface area contributed by atoms with Gasteiger partial charge in [0.05, 0.1) is 0 Å². The van der Waals surface area contributed by atoms with Crippen molar-refractivity contribution in [1.82, 2.24) is 10.6 Å². The molecule has 1 atom stereocenters. The summed E-state index contributed by atoms with van der Waals surface area (Å²) >= 11 is 0. The number of nitrogens with one attached hydrogen (secondary N) is 2. The first kappa shape index (κ1) is 13.6. The van der Waals surface area contributed by atoms with Crippen LogP contribution in [0.1, 0.15) is 38.7 Å². The van der Waals surface area contributed by atoms with E-state index >= 15 is 0 Å². The van der Waals surface area contributed by atoms with E-state index in [0.29, 0.717) is 6.04 Å². The lowest BCUT2D eigenvalue weighted by atomic mass is 9.95. The lowest BCUT2D eigenvalue weighted by Crippen LogP contribution is -2.45. The Morgan fingerprint density at radius 1 is 1.28 bits per heavy atom. The van der Waals surface area contributed by atoms with Crippen LogP contribution in [0.4, 0.5) is 0 Å². The molecule has 1 fully saturated rings. The van der Waals surface area contributed by atoms with Gasteiger partial charge in [-0.3, -0.25) is 0 Å². The minimum atomic E-state index is 0.222. The highest BCUT2D eigenvalue weighted by molar-refractivity contribution is 5.15. The van der Waals surface area contributed by atoms with Crippen molar-refractivity contribution in [3.05, 3.63) is 35.9 Å². The molecule has 0 aromatic heterocycles. The van der Waals surface area contributed by atoms with Crippen LogP contribution in [0, 0.1) is 0 Å². The molecule has 2 N–H and O–H groups in total. The molecule has 1 unspecified atom stereocenters. The van der Waals surface area contributed by atoms with Gasteiger partial charge < -0.3 is 10.6 Å². The van der Waals surface area contributed by atoms with E-state index in [-0.39, 0.29) is 5.54 Å². The summed E-state index contributed by atoms with van der Waals surface area (Å²) in [6.45, 7) is 6.91. The van der Waals surface area contributed by atoms with Crippen LogP contribution in [0.3, 0.4) is 0 Å². The number of benzene rings is 1. The third kappa shape index (κ3) is 4.43. The third-order valence-corrected chi connectivity index (χ3v) is 3.87. The fourth-order valence-corrected chi connectivity index (χ4v) is 2.52. The van der Waals surface area contributed by atoms with Crippen molar-refractivity contribution < 1.29 is 0 Å². The molecule has 0 amide bonds. The Morgan fingerprint density at radius 3 is 2.72 bits per heavy atom. The number of rotatable bonds is 6. The van der Waals surface area contributed by atoms with E-state index in [1.165, 1.54) is 31.4 Å². The standard InChI is InChI=1S/C16H26N2/c1-16(2,18-13-15-9-6-12-17-15)11-10-14-7-4-3-5-8-14/h3-5,7-8,15,17-18H,6,9-13H2,1-2H3. The van der Waals surface area contributed by atoms with Crippen molar-refractivity contribution in [1.29, 1.82) is 0 Å². The summed E-state index contributed by atoms with van der Waals surface area (Å²) in [7, 11) is 0. The van der Waals surface area contributed by atoms with Crippen molar-refractivity contribution in [3.63, 3.8) is 0 Å². The molecule has 1 aromatic carbocycles. The molecule has 2 heteroatoms. The Morgan fingerprint density at radius 2 is 2.06 bits per heavy atom. The molecule has 0 radical (unpaired) electrons. The Bertz CT molecular complexity index is 339. The second-order valence-corrected chi connectivity index (χ2v) is 6.04. The molecule has 1 heterocycles. The predicted octanol–water partition coefficient (Wildman–Crippen LogP) is 2.74. The summed E-state index contributed by atoms with van der Waals surface area (Å²) in [4.78, 5) is 0. The molecule has 0 bridgehead atoms. The summed E-state index contributed by atoms with van der Waals surface area (Å²) in [5, 5.41) is 7.25. The molecule has 0 aliphatic carbocycles. The van der Waals surface area contributed by atoms with E-state index in [2.05, 4.69) is 54.8 Å². The van der Waals surface area contributed by atoms with Crippen LogP contribution in [-0.4, -0.2) is 24.7 Å². The van der Waals surface area contributed by atoms with Gasteiger partial charge in [-0.25, -0.2) is 0 Å². The maximum atomic E-state index is 3.71. The molecule has 1 saturated heterocycles. The normalized spacial score (nSPS) is 20.2. The Kier molecular flexibility index (Phi) is 4.79. The first-order valence-electron chi connectivity index (χ1n) is 7.18. The highest BCUT2D eigenvalue weighted by Gasteiger charge is 2.20. The average molecular weight is 246 g/mol. The van der Waals surface area contributed by atoms with E-state index in [4.69, 9.17) is 0 Å². The van der Waals surface area contributed by atoms with Crippen molar-refractivity contribution in [3.8, 4) is 0 Å². The van der Waals surface area contributed by atoms with Crippen molar-refractivity contribution >= 4 is 0 Å². The molecule has 2 nitrogen and oxygen atoms in total. The molecule has 0 saturated carbocycles.